The lowest BCUT2D eigenvalue weighted by molar-refractivity contribution is -0.127. The highest BCUT2D eigenvalue weighted by Gasteiger charge is 2.26. The zero-order chi connectivity index (χ0) is 10.4. The van der Waals surface area contributed by atoms with Gasteiger partial charge in [0.1, 0.15) is 0 Å². The number of carbonyl (C=O) groups excluding carboxylic acids is 1. The molecule has 1 fully saturated rings. The van der Waals surface area contributed by atoms with Crippen molar-refractivity contribution in [3.05, 3.63) is 0 Å². The van der Waals surface area contributed by atoms with Gasteiger partial charge in [-0.1, -0.05) is 6.42 Å². The van der Waals surface area contributed by atoms with Crippen molar-refractivity contribution in [1.82, 2.24) is 10.2 Å². The van der Waals surface area contributed by atoms with E-state index in [1.165, 1.54) is 6.42 Å². The number of terminal acetylenes is 1. The molecule has 1 heterocycles. The van der Waals surface area contributed by atoms with E-state index in [-0.39, 0.29) is 11.9 Å². The minimum atomic E-state index is 0.0436. The minimum absolute atomic E-state index is 0.0436. The molecule has 0 aromatic heterocycles. The number of rotatable bonds is 3. The van der Waals surface area contributed by atoms with Crippen molar-refractivity contribution in [2.45, 2.75) is 31.7 Å². The van der Waals surface area contributed by atoms with E-state index in [1.807, 2.05) is 0 Å². The lowest BCUT2D eigenvalue weighted by Gasteiger charge is -2.33. The van der Waals surface area contributed by atoms with Crippen LogP contribution in [0.3, 0.4) is 0 Å². The predicted octanol–water partition coefficient (Wildman–Crippen LogP) is 0.610. The van der Waals surface area contributed by atoms with E-state index in [9.17, 15) is 4.79 Å². The molecule has 14 heavy (non-hydrogen) atoms. The number of hydrogen-bond donors (Lipinski definition) is 1. The van der Waals surface area contributed by atoms with E-state index in [1.54, 1.807) is 7.05 Å². The quantitative estimate of drug-likeness (QED) is 0.668. The van der Waals surface area contributed by atoms with Crippen LogP contribution in [0.4, 0.5) is 0 Å². The Labute approximate surface area is 85.9 Å². The topological polar surface area (TPSA) is 32.3 Å². The van der Waals surface area contributed by atoms with E-state index in [4.69, 9.17) is 6.42 Å². The van der Waals surface area contributed by atoms with Gasteiger partial charge in [-0.15, -0.1) is 12.3 Å². The van der Waals surface area contributed by atoms with Crippen LogP contribution in [0.2, 0.25) is 0 Å². The molecule has 3 nitrogen and oxygen atoms in total. The second kappa shape index (κ2) is 5.66. The van der Waals surface area contributed by atoms with E-state index in [0.29, 0.717) is 0 Å². The average molecular weight is 194 g/mol. The number of amides is 1. The van der Waals surface area contributed by atoms with E-state index < -0.39 is 0 Å². The summed E-state index contributed by atoms with van der Waals surface area (Å²) < 4.78 is 0. The second-order valence-electron chi connectivity index (χ2n) is 3.62. The van der Waals surface area contributed by atoms with E-state index in [2.05, 4.69) is 16.1 Å². The summed E-state index contributed by atoms with van der Waals surface area (Å²) >= 11 is 0. The smallest absolute Gasteiger partial charge is 0.237 e. The highest BCUT2D eigenvalue weighted by atomic mass is 16.2. The molecule has 78 valence electrons. The molecular weight excluding hydrogens is 176 g/mol. The largest absolute Gasteiger partial charge is 0.358 e. The number of carbonyl (C=O) groups is 1. The SMILES string of the molecule is C#CCCN1CCCCC1C(=O)NC. The zero-order valence-corrected chi connectivity index (χ0v) is 8.75. The molecule has 1 aliphatic rings. The third kappa shape index (κ3) is 2.74. The Kier molecular flexibility index (Phi) is 4.48. The Hall–Kier alpha value is -1.01. The summed E-state index contributed by atoms with van der Waals surface area (Å²) in [4.78, 5) is 13.7. The average Bonchev–Trinajstić information content (AvgIpc) is 2.25. The standard InChI is InChI=1S/C11H18N2O/c1-3-4-8-13-9-6-5-7-10(13)11(14)12-2/h1,10H,4-9H2,2H3,(H,12,14). The molecule has 1 unspecified atom stereocenters. The first-order valence-corrected chi connectivity index (χ1v) is 5.18. The van der Waals surface area contributed by atoms with E-state index in [0.717, 1.165) is 32.4 Å². The molecule has 0 spiro atoms. The van der Waals surface area contributed by atoms with Gasteiger partial charge >= 0.3 is 0 Å². The summed E-state index contributed by atoms with van der Waals surface area (Å²) in [6.07, 6.45) is 9.24. The Morgan fingerprint density at radius 3 is 3.07 bits per heavy atom. The van der Waals surface area contributed by atoms with Crippen molar-refractivity contribution < 1.29 is 4.79 Å². The second-order valence-corrected chi connectivity index (χ2v) is 3.62. The molecule has 1 N–H and O–H groups in total. The van der Waals surface area contributed by atoms with Crippen LogP contribution >= 0.6 is 0 Å². The molecule has 1 amide bonds. The Morgan fingerprint density at radius 2 is 2.43 bits per heavy atom. The number of hydrogen-bond acceptors (Lipinski definition) is 2. The molecule has 1 saturated heterocycles. The van der Waals surface area contributed by atoms with Crippen molar-refractivity contribution >= 4 is 5.91 Å². The fourth-order valence-corrected chi connectivity index (χ4v) is 1.93. The molecule has 0 aliphatic carbocycles. The van der Waals surface area contributed by atoms with Gasteiger partial charge in [0, 0.05) is 20.0 Å². The third-order valence-electron chi connectivity index (χ3n) is 2.71. The number of nitrogens with zero attached hydrogens (tertiary/aromatic N) is 1. The number of likely N-dealkylation sites (tertiary alicyclic amines) is 1. The molecular formula is C11H18N2O. The summed E-state index contributed by atoms with van der Waals surface area (Å²) in [6.45, 7) is 1.84. The van der Waals surface area contributed by atoms with Gasteiger partial charge in [0.05, 0.1) is 6.04 Å². The van der Waals surface area contributed by atoms with Crippen LogP contribution in [-0.2, 0) is 4.79 Å². The summed E-state index contributed by atoms with van der Waals surface area (Å²) in [5, 5.41) is 2.71. The van der Waals surface area contributed by atoms with Crippen LogP contribution in [0.1, 0.15) is 25.7 Å². The van der Waals surface area contributed by atoms with Crippen LogP contribution in [0.5, 0.6) is 0 Å². The van der Waals surface area contributed by atoms with Gasteiger partial charge in [0.25, 0.3) is 0 Å². The maximum Gasteiger partial charge on any atom is 0.237 e. The third-order valence-corrected chi connectivity index (χ3v) is 2.71. The Morgan fingerprint density at radius 1 is 1.64 bits per heavy atom. The first-order chi connectivity index (χ1) is 6.79. The summed E-state index contributed by atoms with van der Waals surface area (Å²) in [5.74, 6) is 2.75. The molecule has 0 aromatic rings. The van der Waals surface area contributed by atoms with Crippen molar-refractivity contribution in [2.75, 3.05) is 20.1 Å². The molecule has 0 bridgehead atoms. The van der Waals surface area contributed by atoms with Crippen LogP contribution in [0.25, 0.3) is 0 Å². The molecule has 1 atom stereocenters. The maximum atomic E-state index is 11.5. The summed E-state index contributed by atoms with van der Waals surface area (Å²) in [7, 11) is 1.69. The summed E-state index contributed by atoms with van der Waals surface area (Å²) in [5.41, 5.74) is 0. The molecule has 3 heteroatoms. The van der Waals surface area contributed by atoms with Crippen LogP contribution in [0.15, 0.2) is 0 Å². The van der Waals surface area contributed by atoms with Crippen molar-refractivity contribution in [1.29, 1.82) is 0 Å². The van der Waals surface area contributed by atoms with Crippen molar-refractivity contribution in [2.24, 2.45) is 0 Å². The van der Waals surface area contributed by atoms with Gasteiger partial charge in [-0.25, -0.2) is 0 Å². The summed E-state index contributed by atoms with van der Waals surface area (Å²) in [6, 6.07) is 0.0436. The molecule has 0 radical (unpaired) electrons. The minimum Gasteiger partial charge on any atom is -0.358 e. The Balaban J connectivity index is 2.50. The van der Waals surface area contributed by atoms with Crippen LogP contribution in [-0.4, -0.2) is 37.0 Å². The molecule has 1 rings (SSSR count). The molecule has 1 aliphatic heterocycles. The Bertz CT molecular complexity index is 232. The van der Waals surface area contributed by atoms with Crippen molar-refractivity contribution in [3.8, 4) is 12.3 Å². The van der Waals surface area contributed by atoms with Gasteiger partial charge < -0.3 is 5.32 Å². The maximum absolute atomic E-state index is 11.5. The number of nitrogens with one attached hydrogen (secondary N) is 1. The van der Waals surface area contributed by atoms with Gasteiger partial charge in [0.15, 0.2) is 0 Å². The first-order valence-electron chi connectivity index (χ1n) is 5.18. The fourth-order valence-electron chi connectivity index (χ4n) is 1.93. The lowest BCUT2D eigenvalue weighted by Crippen LogP contribution is -2.48. The highest BCUT2D eigenvalue weighted by molar-refractivity contribution is 5.81. The van der Waals surface area contributed by atoms with Gasteiger partial charge in [-0.05, 0) is 19.4 Å². The van der Waals surface area contributed by atoms with Gasteiger partial charge in [-0.2, -0.15) is 0 Å². The first kappa shape index (κ1) is 11.1. The van der Waals surface area contributed by atoms with Gasteiger partial charge in [-0.3, -0.25) is 9.69 Å². The fraction of sp³-hybridized carbons (Fsp3) is 0.727. The van der Waals surface area contributed by atoms with Gasteiger partial charge in [0.2, 0.25) is 5.91 Å². The monoisotopic (exact) mass is 194 g/mol. The lowest BCUT2D eigenvalue weighted by atomic mass is 10.0. The normalized spacial score (nSPS) is 22.7. The van der Waals surface area contributed by atoms with E-state index >= 15 is 0 Å². The predicted molar refractivity (Wildman–Crippen MR) is 56.7 cm³/mol. The molecule has 0 aromatic carbocycles. The molecule has 0 saturated carbocycles. The van der Waals surface area contributed by atoms with Crippen LogP contribution in [0, 0.1) is 12.3 Å². The number of piperidine rings is 1. The number of likely N-dealkylation sites (N-methyl/N-ethyl adjacent to an activating group) is 1. The zero-order valence-electron chi connectivity index (χ0n) is 8.75. The van der Waals surface area contributed by atoms with Crippen molar-refractivity contribution in [3.63, 3.8) is 0 Å². The highest BCUT2D eigenvalue weighted by Crippen LogP contribution is 2.16. The van der Waals surface area contributed by atoms with Crippen LogP contribution < -0.4 is 5.32 Å².